The van der Waals surface area contributed by atoms with Crippen molar-refractivity contribution < 1.29 is 9.59 Å². The molecule has 2 N–H and O–H groups in total. The molecule has 22 heavy (non-hydrogen) atoms. The summed E-state index contributed by atoms with van der Waals surface area (Å²) in [4.78, 5) is 24.9. The molecule has 2 amide bonds. The topological polar surface area (TPSA) is 78.1 Å². The molecule has 6 nitrogen and oxygen atoms in total. The Hall–Kier alpha value is -3.07. The van der Waals surface area contributed by atoms with Crippen molar-refractivity contribution in [2.24, 2.45) is 0 Å². The third-order valence-electron chi connectivity index (χ3n) is 3.42. The van der Waals surface area contributed by atoms with E-state index in [2.05, 4.69) is 27.4 Å². The Bertz CT molecular complexity index is 783. The highest BCUT2D eigenvalue weighted by atomic mass is 16.2. The van der Waals surface area contributed by atoms with Gasteiger partial charge < -0.3 is 4.90 Å². The molecule has 2 aromatic rings. The maximum Gasteiger partial charge on any atom is 0.301 e. The lowest BCUT2D eigenvalue weighted by molar-refractivity contribution is -0.129. The second kappa shape index (κ2) is 5.74. The summed E-state index contributed by atoms with van der Waals surface area (Å²) in [5.41, 5.74) is 2.46. The average Bonchev–Trinajstić information content (AvgIpc) is 3.08. The predicted molar refractivity (Wildman–Crippen MR) is 80.5 cm³/mol. The number of carbonyl (C=O) groups is 2. The lowest BCUT2D eigenvalue weighted by Crippen LogP contribution is -2.22. The van der Waals surface area contributed by atoms with E-state index in [1.54, 1.807) is 4.90 Å². The van der Waals surface area contributed by atoms with Gasteiger partial charge in [0.05, 0.1) is 18.8 Å². The minimum Gasteiger partial charge on any atom is -0.333 e. The zero-order valence-electron chi connectivity index (χ0n) is 12.0. The third kappa shape index (κ3) is 2.83. The quantitative estimate of drug-likeness (QED) is 0.777. The van der Waals surface area contributed by atoms with Crippen LogP contribution in [0.15, 0.2) is 30.3 Å². The molecule has 1 aliphatic heterocycles. The Balaban J connectivity index is 1.70. The van der Waals surface area contributed by atoms with Crippen LogP contribution in [0, 0.1) is 11.8 Å². The van der Waals surface area contributed by atoms with E-state index in [1.807, 2.05) is 30.3 Å². The summed E-state index contributed by atoms with van der Waals surface area (Å²) in [6.07, 6.45) is 0. The summed E-state index contributed by atoms with van der Waals surface area (Å²) in [6, 6.07) is 9.27. The number of rotatable bonds is 1. The largest absolute Gasteiger partial charge is 0.333 e. The number of benzene rings is 1. The lowest BCUT2D eigenvalue weighted by Gasteiger charge is -2.12. The fourth-order valence-corrected chi connectivity index (χ4v) is 2.26. The van der Waals surface area contributed by atoms with Crippen molar-refractivity contribution in [3.05, 3.63) is 47.2 Å². The molecule has 3 rings (SSSR count). The van der Waals surface area contributed by atoms with Gasteiger partial charge in [0.15, 0.2) is 5.82 Å². The highest BCUT2D eigenvalue weighted by Crippen LogP contribution is 2.26. The Labute approximate surface area is 127 Å². The summed E-state index contributed by atoms with van der Waals surface area (Å²) >= 11 is 0. The molecule has 0 unspecified atom stereocenters. The van der Waals surface area contributed by atoms with E-state index in [0.29, 0.717) is 18.9 Å². The summed E-state index contributed by atoms with van der Waals surface area (Å²) in [7, 11) is 0. The Morgan fingerprint density at radius 2 is 2.05 bits per heavy atom. The van der Waals surface area contributed by atoms with Gasteiger partial charge in [-0.15, -0.1) is 0 Å². The zero-order chi connectivity index (χ0) is 15.5. The lowest BCUT2D eigenvalue weighted by atomic mass is 10.2. The van der Waals surface area contributed by atoms with E-state index in [-0.39, 0.29) is 5.91 Å². The van der Waals surface area contributed by atoms with Gasteiger partial charge in [0, 0.05) is 24.0 Å². The van der Waals surface area contributed by atoms with E-state index in [9.17, 15) is 9.59 Å². The van der Waals surface area contributed by atoms with Crippen LogP contribution in [-0.2, 0) is 22.7 Å². The van der Waals surface area contributed by atoms with Crippen LogP contribution >= 0.6 is 0 Å². The van der Waals surface area contributed by atoms with Gasteiger partial charge in [-0.25, -0.2) is 0 Å². The van der Waals surface area contributed by atoms with Crippen molar-refractivity contribution in [2.75, 3.05) is 5.32 Å². The molecule has 0 atom stereocenters. The molecule has 6 heteroatoms. The molecule has 0 saturated carbocycles. The molecule has 0 aliphatic carbocycles. The summed E-state index contributed by atoms with van der Waals surface area (Å²) in [5.74, 6) is 5.31. The van der Waals surface area contributed by atoms with E-state index in [1.165, 1.54) is 6.92 Å². The number of carbonyl (C=O) groups excluding carboxylic acids is 2. The monoisotopic (exact) mass is 294 g/mol. The van der Waals surface area contributed by atoms with Gasteiger partial charge in [-0.2, -0.15) is 5.10 Å². The van der Waals surface area contributed by atoms with Gasteiger partial charge >= 0.3 is 5.91 Å². The smallest absolute Gasteiger partial charge is 0.301 e. The molecule has 0 bridgehead atoms. The summed E-state index contributed by atoms with van der Waals surface area (Å²) in [6.45, 7) is 2.45. The minimum atomic E-state index is -0.431. The van der Waals surface area contributed by atoms with E-state index in [0.717, 1.165) is 16.8 Å². The Kier molecular flexibility index (Phi) is 3.62. The van der Waals surface area contributed by atoms with Gasteiger partial charge in [-0.05, 0) is 12.1 Å². The predicted octanol–water partition coefficient (Wildman–Crippen LogP) is 1.26. The van der Waals surface area contributed by atoms with Gasteiger partial charge in [0.25, 0.3) is 0 Å². The van der Waals surface area contributed by atoms with Crippen LogP contribution in [0.5, 0.6) is 0 Å². The minimum absolute atomic E-state index is 0.00857. The molecule has 0 saturated heterocycles. The molecule has 110 valence electrons. The molecule has 1 aromatic heterocycles. The second-order valence-electron chi connectivity index (χ2n) is 4.97. The number of nitrogens with one attached hydrogen (secondary N) is 2. The fraction of sp³-hybridized carbons (Fsp3) is 0.188. The SMILES string of the molecule is CC(=O)N1Cc2[nH]nc(NC(=O)C#Cc3ccccc3)c2C1. The van der Waals surface area contributed by atoms with Gasteiger partial charge in [-0.3, -0.25) is 20.0 Å². The molecule has 1 aliphatic rings. The highest BCUT2D eigenvalue weighted by Gasteiger charge is 2.26. The van der Waals surface area contributed by atoms with Crippen molar-refractivity contribution in [1.29, 1.82) is 0 Å². The van der Waals surface area contributed by atoms with Crippen LogP contribution < -0.4 is 5.32 Å². The number of hydrogen-bond acceptors (Lipinski definition) is 3. The number of hydrogen-bond donors (Lipinski definition) is 2. The maximum absolute atomic E-state index is 11.9. The number of nitrogens with zero attached hydrogens (tertiary/aromatic N) is 2. The number of H-pyrrole nitrogens is 1. The van der Waals surface area contributed by atoms with E-state index in [4.69, 9.17) is 0 Å². The van der Waals surface area contributed by atoms with Gasteiger partial charge in [-0.1, -0.05) is 24.1 Å². The first-order valence-electron chi connectivity index (χ1n) is 6.83. The van der Waals surface area contributed by atoms with Crippen LogP contribution in [-0.4, -0.2) is 26.9 Å². The number of amides is 2. The standard InChI is InChI=1S/C16H14N4O2/c1-11(21)20-9-13-14(10-20)18-19-16(13)17-15(22)8-7-12-5-3-2-4-6-12/h2-6H,9-10H2,1H3,(H2,17,18,19,22). The van der Waals surface area contributed by atoms with Crippen LogP contribution in [0.4, 0.5) is 5.82 Å². The van der Waals surface area contributed by atoms with Crippen molar-refractivity contribution in [3.8, 4) is 11.8 Å². The number of aromatic amines is 1. The average molecular weight is 294 g/mol. The second-order valence-corrected chi connectivity index (χ2v) is 4.97. The van der Waals surface area contributed by atoms with Crippen molar-refractivity contribution in [1.82, 2.24) is 15.1 Å². The molecule has 0 fully saturated rings. The first-order valence-corrected chi connectivity index (χ1v) is 6.83. The number of anilines is 1. The highest BCUT2D eigenvalue weighted by molar-refractivity contribution is 6.04. The molecular weight excluding hydrogens is 280 g/mol. The van der Waals surface area contributed by atoms with E-state index >= 15 is 0 Å². The fourth-order valence-electron chi connectivity index (χ4n) is 2.26. The van der Waals surface area contributed by atoms with Crippen LogP contribution in [0.2, 0.25) is 0 Å². The molecule has 0 spiro atoms. The first-order chi connectivity index (χ1) is 10.6. The summed E-state index contributed by atoms with van der Waals surface area (Å²) in [5, 5.41) is 9.57. The van der Waals surface area contributed by atoms with Gasteiger partial charge in [0.2, 0.25) is 5.91 Å². The summed E-state index contributed by atoms with van der Waals surface area (Å²) < 4.78 is 0. The van der Waals surface area contributed by atoms with Crippen molar-refractivity contribution >= 4 is 17.6 Å². The molecular formula is C16H14N4O2. The Morgan fingerprint density at radius 1 is 1.27 bits per heavy atom. The maximum atomic E-state index is 11.9. The first kappa shape index (κ1) is 13.9. The molecule has 0 radical (unpaired) electrons. The normalized spacial score (nSPS) is 12.3. The van der Waals surface area contributed by atoms with Crippen LogP contribution in [0.1, 0.15) is 23.7 Å². The zero-order valence-corrected chi connectivity index (χ0v) is 12.0. The molecule has 1 aromatic carbocycles. The van der Waals surface area contributed by atoms with Crippen molar-refractivity contribution in [3.63, 3.8) is 0 Å². The van der Waals surface area contributed by atoms with Gasteiger partial charge in [0.1, 0.15) is 0 Å². The van der Waals surface area contributed by atoms with Crippen LogP contribution in [0.25, 0.3) is 0 Å². The third-order valence-corrected chi connectivity index (χ3v) is 3.42. The van der Waals surface area contributed by atoms with Crippen LogP contribution in [0.3, 0.4) is 0 Å². The van der Waals surface area contributed by atoms with E-state index < -0.39 is 5.91 Å². The number of aromatic nitrogens is 2. The number of fused-ring (bicyclic) bond motifs is 1. The molecule has 2 heterocycles. The Morgan fingerprint density at radius 3 is 2.77 bits per heavy atom. The van der Waals surface area contributed by atoms with Crippen molar-refractivity contribution in [2.45, 2.75) is 20.0 Å².